The van der Waals surface area contributed by atoms with Crippen molar-refractivity contribution < 1.29 is 14.3 Å². The number of esters is 1. The molecule has 5 heteroatoms. The van der Waals surface area contributed by atoms with E-state index in [0.29, 0.717) is 17.9 Å². The molecule has 2 aliphatic rings. The molecule has 1 aromatic rings. The van der Waals surface area contributed by atoms with Crippen molar-refractivity contribution in [3.8, 4) is 0 Å². The number of nitrogen functional groups attached to an aromatic ring is 1. The van der Waals surface area contributed by atoms with E-state index in [1.807, 2.05) is 0 Å². The molecular weight excluding hydrogens is 322 g/mol. The maximum absolute atomic E-state index is 12.2. The highest BCUT2D eigenvalue weighted by molar-refractivity contribution is 9.10. The minimum Gasteiger partial charge on any atom is -0.459 e. The monoisotopic (exact) mass is 339 g/mol. The molecule has 1 heterocycles. The molecule has 1 unspecified atom stereocenters. The van der Waals surface area contributed by atoms with Gasteiger partial charge in [-0.25, -0.2) is 4.79 Å². The van der Waals surface area contributed by atoms with Gasteiger partial charge in [0.2, 0.25) is 0 Å². The van der Waals surface area contributed by atoms with Crippen LogP contribution in [0.5, 0.6) is 0 Å². The van der Waals surface area contributed by atoms with E-state index in [4.69, 9.17) is 15.2 Å². The van der Waals surface area contributed by atoms with Gasteiger partial charge in [-0.3, -0.25) is 0 Å². The molecule has 20 heavy (non-hydrogen) atoms. The van der Waals surface area contributed by atoms with Crippen molar-refractivity contribution in [1.29, 1.82) is 0 Å². The average molecular weight is 340 g/mol. The number of ether oxygens (including phenoxy) is 2. The third-order valence-electron chi connectivity index (χ3n) is 4.22. The molecule has 3 rings (SSSR count). The topological polar surface area (TPSA) is 61.6 Å². The van der Waals surface area contributed by atoms with Gasteiger partial charge in [-0.15, -0.1) is 0 Å². The Morgan fingerprint density at radius 3 is 2.90 bits per heavy atom. The third-order valence-corrected chi connectivity index (χ3v) is 4.94. The Hall–Kier alpha value is -1.07. The SMILES string of the molecule is Nc1cc(C(=O)OC2CCOC3(CCC3)C2)ccc1Br. The van der Waals surface area contributed by atoms with Gasteiger partial charge in [-0.2, -0.15) is 0 Å². The number of hydrogen-bond acceptors (Lipinski definition) is 4. The number of carbonyl (C=O) groups is 1. The maximum Gasteiger partial charge on any atom is 0.338 e. The van der Waals surface area contributed by atoms with Crippen LogP contribution in [0.25, 0.3) is 0 Å². The molecule has 1 atom stereocenters. The zero-order valence-corrected chi connectivity index (χ0v) is 12.8. The summed E-state index contributed by atoms with van der Waals surface area (Å²) >= 11 is 3.32. The minimum atomic E-state index is -0.300. The number of nitrogens with two attached hydrogens (primary N) is 1. The summed E-state index contributed by atoms with van der Waals surface area (Å²) in [4.78, 5) is 12.2. The van der Waals surface area contributed by atoms with Gasteiger partial charge in [-0.05, 0) is 53.4 Å². The first kappa shape index (κ1) is 13.9. The van der Waals surface area contributed by atoms with E-state index in [9.17, 15) is 4.79 Å². The Balaban J connectivity index is 1.64. The lowest BCUT2D eigenvalue weighted by molar-refractivity contribution is -0.159. The molecule has 2 N–H and O–H groups in total. The summed E-state index contributed by atoms with van der Waals surface area (Å²) in [7, 11) is 0. The van der Waals surface area contributed by atoms with Crippen molar-refractivity contribution in [1.82, 2.24) is 0 Å². The molecular formula is C15H18BrNO3. The van der Waals surface area contributed by atoms with Gasteiger partial charge in [-0.1, -0.05) is 0 Å². The molecule has 2 fully saturated rings. The number of carbonyl (C=O) groups excluding carboxylic acids is 1. The van der Waals surface area contributed by atoms with Gasteiger partial charge in [0.15, 0.2) is 0 Å². The van der Waals surface area contributed by atoms with E-state index in [-0.39, 0.29) is 17.7 Å². The van der Waals surface area contributed by atoms with Gasteiger partial charge in [0, 0.05) is 23.0 Å². The molecule has 1 saturated carbocycles. The highest BCUT2D eigenvalue weighted by Crippen LogP contribution is 2.43. The normalized spacial score (nSPS) is 24.1. The van der Waals surface area contributed by atoms with Crippen LogP contribution in [0.15, 0.2) is 22.7 Å². The lowest BCUT2D eigenvalue weighted by atomic mass is 9.74. The van der Waals surface area contributed by atoms with Crippen molar-refractivity contribution in [2.24, 2.45) is 0 Å². The van der Waals surface area contributed by atoms with Crippen molar-refractivity contribution in [3.63, 3.8) is 0 Å². The fraction of sp³-hybridized carbons (Fsp3) is 0.533. The van der Waals surface area contributed by atoms with Crippen LogP contribution in [0.3, 0.4) is 0 Å². The lowest BCUT2D eigenvalue weighted by Gasteiger charge is -2.46. The highest BCUT2D eigenvalue weighted by Gasteiger charge is 2.43. The standard InChI is InChI=1S/C15H18BrNO3/c16-12-3-2-10(8-13(12)17)14(18)20-11-4-7-19-15(9-11)5-1-6-15/h2-3,8,11H,1,4-7,9,17H2. The number of rotatable bonds is 2. The summed E-state index contributed by atoms with van der Waals surface area (Å²) < 4.78 is 12.2. The molecule has 1 saturated heterocycles. The van der Waals surface area contributed by atoms with Crippen molar-refractivity contribution in [3.05, 3.63) is 28.2 Å². The number of benzene rings is 1. The average Bonchev–Trinajstić information content (AvgIpc) is 2.40. The first-order valence-corrected chi connectivity index (χ1v) is 7.77. The Morgan fingerprint density at radius 2 is 2.25 bits per heavy atom. The van der Waals surface area contributed by atoms with Gasteiger partial charge in [0.1, 0.15) is 6.10 Å². The summed E-state index contributed by atoms with van der Waals surface area (Å²) in [6.07, 6.45) is 4.95. The van der Waals surface area contributed by atoms with E-state index >= 15 is 0 Å². The summed E-state index contributed by atoms with van der Waals surface area (Å²) in [6, 6.07) is 5.13. The Kier molecular flexibility index (Phi) is 3.73. The van der Waals surface area contributed by atoms with Crippen molar-refractivity contribution >= 4 is 27.6 Å². The second-order valence-electron chi connectivity index (χ2n) is 5.64. The summed E-state index contributed by atoms with van der Waals surface area (Å²) in [5, 5.41) is 0. The fourth-order valence-corrected chi connectivity index (χ4v) is 3.14. The molecule has 0 bridgehead atoms. The van der Waals surface area contributed by atoms with Crippen LogP contribution in [0.2, 0.25) is 0 Å². The molecule has 108 valence electrons. The first-order valence-electron chi connectivity index (χ1n) is 6.98. The zero-order valence-electron chi connectivity index (χ0n) is 11.2. The van der Waals surface area contributed by atoms with E-state index < -0.39 is 0 Å². The van der Waals surface area contributed by atoms with Crippen molar-refractivity contribution in [2.75, 3.05) is 12.3 Å². The molecule has 0 aromatic heterocycles. The molecule has 0 radical (unpaired) electrons. The quantitative estimate of drug-likeness (QED) is 0.663. The van der Waals surface area contributed by atoms with Gasteiger partial charge in [0.25, 0.3) is 0 Å². The summed E-state index contributed by atoms with van der Waals surface area (Å²) in [5.41, 5.74) is 6.82. The van der Waals surface area contributed by atoms with Gasteiger partial charge >= 0.3 is 5.97 Å². The van der Waals surface area contributed by atoms with Gasteiger partial charge in [0.05, 0.1) is 17.8 Å². The molecule has 1 aromatic carbocycles. The van der Waals surface area contributed by atoms with Crippen LogP contribution >= 0.6 is 15.9 Å². The molecule has 4 nitrogen and oxygen atoms in total. The van der Waals surface area contributed by atoms with Crippen LogP contribution in [0.1, 0.15) is 42.5 Å². The zero-order chi connectivity index (χ0) is 14.2. The number of anilines is 1. The van der Waals surface area contributed by atoms with Crippen LogP contribution in [-0.2, 0) is 9.47 Å². The second kappa shape index (κ2) is 5.37. The predicted octanol–water partition coefficient (Wildman–Crippen LogP) is 3.29. The predicted molar refractivity (Wildman–Crippen MR) is 79.5 cm³/mol. The third kappa shape index (κ3) is 2.69. The van der Waals surface area contributed by atoms with Crippen LogP contribution in [-0.4, -0.2) is 24.3 Å². The molecule has 1 aliphatic carbocycles. The van der Waals surface area contributed by atoms with Gasteiger partial charge < -0.3 is 15.2 Å². The van der Waals surface area contributed by atoms with E-state index in [1.165, 1.54) is 6.42 Å². The van der Waals surface area contributed by atoms with Crippen LogP contribution < -0.4 is 5.73 Å². The lowest BCUT2D eigenvalue weighted by Crippen LogP contribution is -2.48. The highest BCUT2D eigenvalue weighted by atomic mass is 79.9. The van der Waals surface area contributed by atoms with E-state index in [0.717, 1.165) is 30.2 Å². The number of hydrogen-bond donors (Lipinski definition) is 1. The fourth-order valence-electron chi connectivity index (χ4n) is 2.89. The molecule has 1 spiro atoms. The van der Waals surface area contributed by atoms with Crippen molar-refractivity contribution in [2.45, 2.75) is 43.8 Å². The van der Waals surface area contributed by atoms with Crippen LogP contribution in [0, 0.1) is 0 Å². The Bertz CT molecular complexity index is 528. The second-order valence-corrected chi connectivity index (χ2v) is 6.50. The summed E-state index contributed by atoms with van der Waals surface area (Å²) in [5.74, 6) is -0.300. The van der Waals surface area contributed by atoms with Crippen LogP contribution in [0.4, 0.5) is 5.69 Å². The van der Waals surface area contributed by atoms with E-state index in [2.05, 4.69) is 15.9 Å². The molecule has 0 amide bonds. The van der Waals surface area contributed by atoms with E-state index in [1.54, 1.807) is 18.2 Å². The Labute approximate surface area is 126 Å². The minimum absolute atomic E-state index is 0.0120. The Morgan fingerprint density at radius 1 is 1.45 bits per heavy atom. The number of halogens is 1. The summed E-state index contributed by atoms with van der Waals surface area (Å²) in [6.45, 7) is 0.681. The smallest absolute Gasteiger partial charge is 0.338 e. The maximum atomic E-state index is 12.2. The molecule has 1 aliphatic heterocycles. The largest absolute Gasteiger partial charge is 0.459 e. The first-order chi connectivity index (χ1) is 9.58.